The van der Waals surface area contributed by atoms with Crippen LogP contribution < -0.4 is 0 Å². The van der Waals surface area contributed by atoms with Gasteiger partial charge < -0.3 is 0 Å². The van der Waals surface area contributed by atoms with Crippen molar-refractivity contribution in [2.75, 3.05) is 0 Å². The Balaban J connectivity index is 2.24. The van der Waals surface area contributed by atoms with Crippen molar-refractivity contribution in [3.63, 3.8) is 0 Å². The number of hydrogen-bond donors (Lipinski definition) is 0. The van der Waals surface area contributed by atoms with Crippen LogP contribution in [-0.2, 0) is 6.54 Å². The summed E-state index contributed by atoms with van der Waals surface area (Å²) in [7, 11) is 0. The highest BCUT2D eigenvalue weighted by Crippen LogP contribution is 2.09. The Morgan fingerprint density at radius 1 is 1.35 bits per heavy atom. The summed E-state index contributed by atoms with van der Waals surface area (Å²) in [5.74, 6) is -0.374. The van der Waals surface area contributed by atoms with E-state index in [4.69, 9.17) is 0 Å². The van der Waals surface area contributed by atoms with Gasteiger partial charge in [0.25, 0.3) is 0 Å². The van der Waals surface area contributed by atoms with Crippen molar-refractivity contribution in [2.24, 2.45) is 0 Å². The fourth-order valence-corrected chi connectivity index (χ4v) is 1.60. The van der Waals surface area contributed by atoms with Crippen LogP contribution in [0, 0.1) is 12.7 Å². The maximum Gasteiger partial charge on any atom is 0.181 e. The van der Waals surface area contributed by atoms with Crippen molar-refractivity contribution >= 4 is 5.78 Å². The molecular weight excluding hydrogens is 221 g/mol. The summed E-state index contributed by atoms with van der Waals surface area (Å²) in [6, 6.07) is 6.16. The minimum absolute atomic E-state index is 0.104. The minimum atomic E-state index is -0.270. The third-order valence-corrected chi connectivity index (χ3v) is 2.56. The maximum absolute atomic E-state index is 12.7. The Kier molecular flexibility index (Phi) is 2.99. The lowest BCUT2D eigenvalue weighted by Gasteiger charge is -2.03. The highest BCUT2D eigenvalue weighted by Gasteiger charge is 2.12. The highest BCUT2D eigenvalue weighted by atomic mass is 19.1. The molecule has 0 aliphatic carbocycles. The molecule has 4 nitrogen and oxygen atoms in total. The van der Waals surface area contributed by atoms with E-state index in [-0.39, 0.29) is 11.6 Å². The van der Waals surface area contributed by atoms with E-state index < -0.39 is 0 Å². The number of hydrogen-bond acceptors (Lipinski definition) is 3. The molecule has 0 atom stereocenters. The lowest BCUT2D eigenvalue weighted by Crippen LogP contribution is -2.05. The van der Waals surface area contributed by atoms with Crippen LogP contribution in [0.3, 0.4) is 0 Å². The van der Waals surface area contributed by atoms with Gasteiger partial charge in [0, 0.05) is 6.92 Å². The fourth-order valence-electron chi connectivity index (χ4n) is 1.60. The van der Waals surface area contributed by atoms with Gasteiger partial charge in [-0.15, -0.1) is 5.10 Å². The normalized spacial score (nSPS) is 10.5. The van der Waals surface area contributed by atoms with Crippen molar-refractivity contribution in [1.82, 2.24) is 15.0 Å². The van der Waals surface area contributed by atoms with E-state index in [1.54, 1.807) is 23.7 Å². The molecule has 1 heterocycles. The highest BCUT2D eigenvalue weighted by molar-refractivity contribution is 5.92. The van der Waals surface area contributed by atoms with Crippen molar-refractivity contribution < 1.29 is 9.18 Å². The molecule has 0 amide bonds. The van der Waals surface area contributed by atoms with Crippen LogP contribution in [0.15, 0.2) is 24.3 Å². The average Bonchev–Trinajstić information content (AvgIpc) is 2.64. The number of Topliss-reactive ketones (excluding diaryl/α,β-unsaturated/α-hetero) is 1. The van der Waals surface area contributed by atoms with Crippen LogP contribution in [-0.4, -0.2) is 20.8 Å². The van der Waals surface area contributed by atoms with E-state index in [9.17, 15) is 9.18 Å². The number of carbonyl (C=O) groups is 1. The van der Waals surface area contributed by atoms with Gasteiger partial charge in [0.1, 0.15) is 5.82 Å². The minimum Gasteiger partial charge on any atom is -0.293 e. The summed E-state index contributed by atoms with van der Waals surface area (Å²) < 4.78 is 14.4. The van der Waals surface area contributed by atoms with Gasteiger partial charge in [-0.1, -0.05) is 17.3 Å². The molecular formula is C12H12FN3O. The van der Waals surface area contributed by atoms with Crippen LogP contribution in [0.2, 0.25) is 0 Å². The molecule has 0 saturated carbocycles. The van der Waals surface area contributed by atoms with E-state index in [1.807, 2.05) is 0 Å². The molecule has 2 rings (SSSR count). The largest absolute Gasteiger partial charge is 0.293 e. The van der Waals surface area contributed by atoms with E-state index in [2.05, 4.69) is 10.3 Å². The first-order chi connectivity index (χ1) is 8.08. The van der Waals surface area contributed by atoms with Crippen molar-refractivity contribution in [3.05, 3.63) is 47.0 Å². The van der Waals surface area contributed by atoms with Crippen molar-refractivity contribution in [1.29, 1.82) is 0 Å². The molecule has 2 aromatic rings. The summed E-state index contributed by atoms with van der Waals surface area (Å²) in [5, 5.41) is 7.73. The molecule has 0 aliphatic rings. The molecule has 17 heavy (non-hydrogen) atoms. The van der Waals surface area contributed by atoms with Crippen LogP contribution in [0.1, 0.15) is 28.7 Å². The first kappa shape index (κ1) is 11.4. The van der Waals surface area contributed by atoms with Gasteiger partial charge in [-0.05, 0) is 24.6 Å². The summed E-state index contributed by atoms with van der Waals surface area (Å²) in [4.78, 5) is 11.2. The molecule has 1 aromatic carbocycles. The molecule has 1 aromatic heterocycles. The van der Waals surface area contributed by atoms with E-state index in [0.29, 0.717) is 12.2 Å². The van der Waals surface area contributed by atoms with Crippen molar-refractivity contribution in [3.8, 4) is 0 Å². The summed E-state index contributed by atoms with van der Waals surface area (Å²) in [5.41, 5.74) is 2.02. The van der Waals surface area contributed by atoms with Gasteiger partial charge in [-0.2, -0.15) is 0 Å². The van der Waals surface area contributed by atoms with Crippen LogP contribution >= 0.6 is 0 Å². The van der Waals surface area contributed by atoms with E-state index in [0.717, 1.165) is 11.3 Å². The number of benzene rings is 1. The number of nitrogens with zero attached hydrogens (tertiary/aromatic N) is 3. The van der Waals surface area contributed by atoms with Gasteiger partial charge in [0.05, 0.1) is 12.2 Å². The topological polar surface area (TPSA) is 47.8 Å². The number of ketones is 1. The SMILES string of the molecule is CC(=O)c1nnn(Cc2ccc(F)cc2)c1C. The van der Waals surface area contributed by atoms with Gasteiger partial charge >= 0.3 is 0 Å². The molecule has 0 bridgehead atoms. The van der Waals surface area contributed by atoms with Gasteiger partial charge in [0.2, 0.25) is 0 Å². The van der Waals surface area contributed by atoms with Crippen LogP contribution in [0.4, 0.5) is 4.39 Å². The van der Waals surface area contributed by atoms with Gasteiger partial charge in [-0.3, -0.25) is 4.79 Å². The fraction of sp³-hybridized carbons (Fsp3) is 0.250. The number of aromatic nitrogens is 3. The summed E-state index contributed by atoms with van der Waals surface area (Å²) in [6.45, 7) is 3.73. The number of rotatable bonds is 3. The molecule has 0 spiro atoms. The van der Waals surface area contributed by atoms with E-state index in [1.165, 1.54) is 19.1 Å². The standard InChI is InChI=1S/C12H12FN3O/c1-8-12(9(2)17)14-15-16(8)7-10-3-5-11(13)6-4-10/h3-6H,7H2,1-2H3. The Bertz CT molecular complexity index is 545. The molecule has 0 aliphatic heterocycles. The summed E-state index contributed by atoms with van der Waals surface area (Å²) in [6.07, 6.45) is 0. The zero-order valence-corrected chi connectivity index (χ0v) is 9.64. The third-order valence-electron chi connectivity index (χ3n) is 2.56. The predicted octanol–water partition coefficient (Wildman–Crippen LogP) is 1.98. The smallest absolute Gasteiger partial charge is 0.181 e. The lowest BCUT2D eigenvalue weighted by molar-refractivity contribution is 0.101. The number of carbonyl (C=O) groups excluding carboxylic acids is 1. The first-order valence-corrected chi connectivity index (χ1v) is 5.23. The maximum atomic E-state index is 12.7. The molecule has 88 valence electrons. The summed E-state index contributed by atoms with van der Waals surface area (Å²) >= 11 is 0. The third kappa shape index (κ3) is 2.38. The molecule has 5 heteroatoms. The Labute approximate surface area is 98.1 Å². The molecule has 0 unspecified atom stereocenters. The zero-order chi connectivity index (χ0) is 12.4. The van der Waals surface area contributed by atoms with Crippen LogP contribution in [0.25, 0.3) is 0 Å². The van der Waals surface area contributed by atoms with Gasteiger partial charge in [0.15, 0.2) is 11.5 Å². The zero-order valence-electron chi connectivity index (χ0n) is 9.64. The molecule has 0 saturated heterocycles. The molecule has 0 radical (unpaired) electrons. The van der Waals surface area contributed by atoms with Crippen molar-refractivity contribution in [2.45, 2.75) is 20.4 Å². The molecule has 0 N–H and O–H groups in total. The van der Waals surface area contributed by atoms with E-state index >= 15 is 0 Å². The van der Waals surface area contributed by atoms with Crippen LogP contribution in [0.5, 0.6) is 0 Å². The second-order valence-corrected chi connectivity index (χ2v) is 3.86. The Morgan fingerprint density at radius 3 is 2.53 bits per heavy atom. The monoisotopic (exact) mass is 233 g/mol. The average molecular weight is 233 g/mol. The lowest BCUT2D eigenvalue weighted by atomic mass is 10.2. The van der Waals surface area contributed by atoms with Gasteiger partial charge in [-0.25, -0.2) is 9.07 Å². The second kappa shape index (κ2) is 4.45. The predicted molar refractivity (Wildman–Crippen MR) is 60.3 cm³/mol. The second-order valence-electron chi connectivity index (χ2n) is 3.86. The Morgan fingerprint density at radius 2 is 2.00 bits per heavy atom. The number of halogens is 1. The quantitative estimate of drug-likeness (QED) is 0.761. The molecule has 0 fully saturated rings. The first-order valence-electron chi connectivity index (χ1n) is 5.23. The Hall–Kier alpha value is -2.04.